The van der Waals surface area contributed by atoms with Crippen LogP contribution in [0, 0.1) is 5.82 Å². The van der Waals surface area contributed by atoms with Crippen LogP contribution in [0.5, 0.6) is 5.75 Å². The quantitative estimate of drug-likeness (QED) is 0.859. The Hall–Kier alpha value is -1.55. The molecule has 0 radical (unpaired) electrons. The molecule has 20 heavy (non-hydrogen) atoms. The molecule has 2 aromatic carbocycles. The van der Waals surface area contributed by atoms with Crippen molar-refractivity contribution >= 4 is 21.6 Å². The molecule has 0 fully saturated rings. The summed E-state index contributed by atoms with van der Waals surface area (Å²) in [5, 5.41) is 10.0. The highest BCUT2D eigenvalue weighted by Gasteiger charge is 2.18. The Morgan fingerprint density at radius 3 is 2.45 bits per heavy atom. The molecule has 0 aliphatic heterocycles. The standard InChI is InChI=1S/C16H17BrFNO/c1-3-19(14-7-5-13(18)6-8-14)11(2)15-10-12(17)4-9-16(15)20/h4-11,20H,3H2,1-2H3. The van der Waals surface area contributed by atoms with Crippen molar-refractivity contribution in [3.8, 4) is 5.75 Å². The molecule has 0 heterocycles. The van der Waals surface area contributed by atoms with E-state index in [1.807, 2.05) is 19.9 Å². The lowest BCUT2D eigenvalue weighted by Crippen LogP contribution is -2.26. The van der Waals surface area contributed by atoms with Crippen molar-refractivity contribution in [1.82, 2.24) is 0 Å². The number of hydrogen-bond donors (Lipinski definition) is 1. The second kappa shape index (κ2) is 6.27. The first-order valence-corrected chi connectivity index (χ1v) is 7.33. The highest BCUT2D eigenvalue weighted by Crippen LogP contribution is 2.33. The van der Waals surface area contributed by atoms with Gasteiger partial charge in [0.25, 0.3) is 0 Å². The summed E-state index contributed by atoms with van der Waals surface area (Å²) in [6, 6.07) is 11.8. The van der Waals surface area contributed by atoms with Gasteiger partial charge in [0.15, 0.2) is 0 Å². The minimum atomic E-state index is -0.247. The summed E-state index contributed by atoms with van der Waals surface area (Å²) < 4.78 is 14.0. The van der Waals surface area contributed by atoms with E-state index in [1.165, 1.54) is 12.1 Å². The van der Waals surface area contributed by atoms with Gasteiger partial charge in [-0.05, 0) is 56.3 Å². The third-order valence-electron chi connectivity index (χ3n) is 3.41. The van der Waals surface area contributed by atoms with Crippen LogP contribution in [0.15, 0.2) is 46.9 Å². The molecule has 1 N–H and O–H groups in total. The van der Waals surface area contributed by atoms with E-state index in [9.17, 15) is 9.50 Å². The molecule has 0 bridgehead atoms. The zero-order valence-corrected chi connectivity index (χ0v) is 13.1. The van der Waals surface area contributed by atoms with E-state index < -0.39 is 0 Å². The van der Waals surface area contributed by atoms with Crippen LogP contribution < -0.4 is 4.90 Å². The minimum absolute atomic E-state index is 0.0111. The van der Waals surface area contributed by atoms with Gasteiger partial charge in [0, 0.05) is 22.3 Å². The first-order chi connectivity index (χ1) is 9.52. The molecule has 0 spiro atoms. The van der Waals surface area contributed by atoms with Gasteiger partial charge in [-0.1, -0.05) is 15.9 Å². The highest BCUT2D eigenvalue weighted by molar-refractivity contribution is 9.10. The molecule has 0 aliphatic rings. The lowest BCUT2D eigenvalue weighted by Gasteiger charge is -2.31. The Morgan fingerprint density at radius 2 is 1.85 bits per heavy atom. The maximum absolute atomic E-state index is 13.0. The maximum atomic E-state index is 13.0. The average Bonchev–Trinajstić information content (AvgIpc) is 2.44. The molecule has 2 aromatic rings. The molecule has 0 aliphatic carbocycles. The summed E-state index contributed by atoms with van der Waals surface area (Å²) in [7, 11) is 0. The Morgan fingerprint density at radius 1 is 1.20 bits per heavy atom. The number of rotatable bonds is 4. The molecule has 0 saturated heterocycles. The summed E-state index contributed by atoms with van der Waals surface area (Å²) in [5.41, 5.74) is 1.77. The van der Waals surface area contributed by atoms with Crippen molar-refractivity contribution in [2.24, 2.45) is 0 Å². The molecule has 0 amide bonds. The predicted octanol–water partition coefficient (Wildman–Crippen LogP) is 4.88. The molecule has 0 saturated carbocycles. The van der Waals surface area contributed by atoms with Gasteiger partial charge in [0.1, 0.15) is 11.6 Å². The zero-order chi connectivity index (χ0) is 14.7. The van der Waals surface area contributed by atoms with E-state index in [0.717, 1.165) is 22.3 Å². The Kier molecular flexibility index (Phi) is 4.65. The van der Waals surface area contributed by atoms with Crippen LogP contribution in [0.1, 0.15) is 25.5 Å². The number of nitrogens with zero attached hydrogens (tertiary/aromatic N) is 1. The van der Waals surface area contributed by atoms with Crippen molar-refractivity contribution in [3.05, 3.63) is 58.3 Å². The maximum Gasteiger partial charge on any atom is 0.123 e. The molecule has 1 unspecified atom stereocenters. The lowest BCUT2D eigenvalue weighted by atomic mass is 10.0. The van der Waals surface area contributed by atoms with Crippen LogP contribution >= 0.6 is 15.9 Å². The van der Waals surface area contributed by atoms with Crippen LogP contribution in [-0.2, 0) is 0 Å². The monoisotopic (exact) mass is 337 g/mol. The SMILES string of the molecule is CCN(c1ccc(F)cc1)C(C)c1cc(Br)ccc1O. The number of benzene rings is 2. The molecule has 2 nitrogen and oxygen atoms in total. The Bertz CT molecular complexity index is 586. The third kappa shape index (κ3) is 3.12. The summed E-state index contributed by atoms with van der Waals surface area (Å²) in [5.74, 6) is 0.0176. The van der Waals surface area contributed by atoms with E-state index in [2.05, 4.69) is 20.8 Å². The van der Waals surface area contributed by atoms with Gasteiger partial charge in [0.05, 0.1) is 6.04 Å². The second-order valence-corrected chi connectivity index (χ2v) is 5.56. The molecule has 2 rings (SSSR count). The van der Waals surface area contributed by atoms with E-state index >= 15 is 0 Å². The number of aromatic hydroxyl groups is 1. The molecule has 1 atom stereocenters. The van der Waals surface area contributed by atoms with E-state index in [0.29, 0.717) is 0 Å². The first-order valence-electron chi connectivity index (χ1n) is 6.53. The summed E-state index contributed by atoms with van der Waals surface area (Å²) in [6.45, 7) is 4.82. The van der Waals surface area contributed by atoms with Gasteiger partial charge in [0.2, 0.25) is 0 Å². The number of phenolic OH excluding ortho intramolecular Hbond substituents is 1. The van der Waals surface area contributed by atoms with Gasteiger partial charge >= 0.3 is 0 Å². The van der Waals surface area contributed by atoms with E-state index in [-0.39, 0.29) is 17.6 Å². The molecule has 4 heteroatoms. The summed E-state index contributed by atoms with van der Waals surface area (Å²) >= 11 is 3.42. The fourth-order valence-corrected chi connectivity index (χ4v) is 2.72. The van der Waals surface area contributed by atoms with Crippen molar-refractivity contribution in [2.75, 3.05) is 11.4 Å². The van der Waals surface area contributed by atoms with Crippen LogP contribution in [0.4, 0.5) is 10.1 Å². The largest absolute Gasteiger partial charge is 0.508 e. The Labute approximate surface area is 127 Å². The Balaban J connectivity index is 2.35. The van der Waals surface area contributed by atoms with Crippen molar-refractivity contribution in [2.45, 2.75) is 19.9 Å². The second-order valence-electron chi connectivity index (χ2n) is 4.64. The van der Waals surface area contributed by atoms with Gasteiger partial charge in [-0.3, -0.25) is 0 Å². The smallest absolute Gasteiger partial charge is 0.123 e. The van der Waals surface area contributed by atoms with Crippen molar-refractivity contribution in [3.63, 3.8) is 0 Å². The molecule has 0 aromatic heterocycles. The van der Waals surface area contributed by atoms with Crippen LogP contribution in [0.3, 0.4) is 0 Å². The van der Waals surface area contributed by atoms with Crippen molar-refractivity contribution in [1.29, 1.82) is 0 Å². The van der Waals surface area contributed by atoms with Crippen LogP contribution in [0.2, 0.25) is 0 Å². The van der Waals surface area contributed by atoms with Gasteiger partial charge in [-0.2, -0.15) is 0 Å². The first kappa shape index (κ1) is 14.9. The molecular weight excluding hydrogens is 321 g/mol. The summed E-state index contributed by atoms with van der Waals surface area (Å²) in [6.07, 6.45) is 0. The van der Waals surface area contributed by atoms with E-state index in [1.54, 1.807) is 24.3 Å². The number of halogens is 2. The number of anilines is 1. The fraction of sp³-hybridized carbons (Fsp3) is 0.250. The fourth-order valence-electron chi connectivity index (χ4n) is 2.34. The summed E-state index contributed by atoms with van der Waals surface area (Å²) in [4.78, 5) is 2.11. The van der Waals surface area contributed by atoms with E-state index in [4.69, 9.17) is 0 Å². The van der Waals surface area contributed by atoms with Gasteiger partial charge in [-0.25, -0.2) is 4.39 Å². The topological polar surface area (TPSA) is 23.5 Å². The van der Waals surface area contributed by atoms with Crippen LogP contribution in [0.25, 0.3) is 0 Å². The van der Waals surface area contributed by atoms with Crippen molar-refractivity contribution < 1.29 is 9.50 Å². The number of phenols is 1. The van der Waals surface area contributed by atoms with Crippen LogP contribution in [-0.4, -0.2) is 11.7 Å². The zero-order valence-electron chi connectivity index (χ0n) is 11.5. The lowest BCUT2D eigenvalue weighted by molar-refractivity contribution is 0.461. The molecular formula is C16H17BrFNO. The minimum Gasteiger partial charge on any atom is -0.508 e. The van der Waals surface area contributed by atoms with Gasteiger partial charge in [-0.15, -0.1) is 0 Å². The highest BCUT2D eigenvalue weighted by atomic mass is 79.9. The predicted molar refractivity (Wildman–Crippen MR) is 83.6 cm³/mol. The number of hydrogen-bond acceptors (Lipinski definition) is 2. The van der Waals surface area contributed by atoms with Gasteiger partial charge < -0.3 is 10.0 Å². The normalized spacial score (nSPS) is 12.2. The molecule has 106 valence electrons. The third-order valence-corrected chi connectivity index (χ3v) is 3.90. The average molecular weight is 338 g/mol.